The lowest BCUT2D eigenvalue weighted by Crippen LogP contribution is -2.24. The minimum Gasteiger partial charge on any atom is -0.384 e. The Bertz CT molecular complexity index is 672. The first-order valence-corrected chi connectivity index (χ1v) is 8.33. The van der Waals surface area contributed by atoms with Crippen molar-refractivity contribution in [1.29, 1.82) is 0 Å². The zero-order valence-electron chi connectivity index (χ0n) is 11.9. The van der Waals surface area contributed by atoms with E-state index in [-0.39, 0.29) is 4.90 Å². The summed E-state index contributed by atoms with van der Waals surface area (Å²) in [6.07, 6.45) is 4.30. The second kappa shape index (κ2) is 7.19. The van der Waals surface area contributed by atoms with Crippen LogP contribution in [0.1, 0.15) is 12.5 Å². The molecule has 21 heavy (non-hydrogen) atoms. The SMILES string of the molecule is CCNS(=O)(=O)c1ccccc1NCCc1ccncc1. The predicted molar refractivity (Wildman–Crippen MR) is 83.7 cm³/mol. The summed E-state index contributed by atoms with van der Waals surface area (Å²) in [5, 5.41) is 3.19. The van der Waals surface area contributed by atoms with Crippen LogP contribution in [-0.2, 0) is 16.4 Å². The van der Waals surface area contributed by atoms with Crippen molar-refractivity contribution in [2.45, 2.75) is 18.2 Å². The van der Waals surface area contributed by atoms with Crippen molar-refractivity contribution in [3.05, 3.63) is 54.4 Å². The number of pyridine rings is 1. The fourth-order valence-corrected chi connectivity index (χ4v) is 3.23. The van der Waals surface area contributed by atoms with Crippen molar-refractivity contribution >= 4 is 15.7 Å². The van der Waals surface area contributed by atoms with E-state index < -0.39 is 10.0 Å². The van der Waals surface area contributed by atoms with Gasteiger partial charge in [0, 0.05) is 25.5 Å². The largest absolute Gasteiger partial charge is 0.384 e. The smallest absolute Gasteiger partial charge is 0.242 e. The van der Waals surface area contributed by atoms with Gasteiger partial charge in [0.15, 0.2) is 0 Å². The van der Waals surface area contributed by atoms with Gasteiger partial charge in [0.2, 0.25) is 10.0 Å². The maximum Gasteiger partial charge on any atom is 0.242 e. The van der Waals surface area contributed by atoms with Gasteiger partial charge in [-0.1, -0.05) is 19.1 Å². The maximum atomic E-state index is 12.1. The van der Waals surface area contributed by atoms with E-state index in [9.17, 15) is 8.42 Å². The molecule has 2 N–H and O–H groups in total. The van der Waals surface area contributed by atoms with Crippen molar-refractivity contribution in [3.8, 4) is 0 Å². The normalized spacial score (nSPS) is 11.3. The van der Waals surface area contributed by atoms with Crippen LogP contribution in [0.5, 0.6) is 0 Å². The highest BCUT2D eigenvalue weighted by Gasteiger charge is 2.16. The van der Waals surface area contributed by atoms with Gasteiger partial charge in [-0.15, -0.1) is 0 Å². The number of nitrogens with zero attached hydrogens (tertiary/aromatic N) is 1. The summed E-state index contributed by atoms with van der Waals surface area (Å²) in [6, 6.07) is 10.8. The Morgan fingerprint density at radius 1 is 1.10 bits per heavy atom. The molecule has 1 aromatic carbocycles. The lowest BCUT2D eigenvalue weighted by molar-refractivity contribution is 0.584. The van der Waals surface area contributed by atoms with Gasteiger partial charge in [0.1, 0.15) is 4.90 Å². The third kappa shape index (κ3) is 4.27. The molecule has 0 bridgehead atoms. The summed E-state index contributed by atoms with van der Waals surface area (Å²) in [4.78, 5) is 4.25. The average Bonchev–Trinajstić information content (AvgIpc) is 2.49. The van der Waals surface area contributed by atoms with Crippen LogP contribution in [0.3, 0.4) is 0 Å². The Morgan fingerprint density at radius 2 is 1.81 bits per heavy atom. The summed E-state index contributed by atoms with van der Waals surface area (Å²) < 4.78 is 26.8. The summed E-state index contributed by atoms with van der Waals surface area (Å²) in [6.45, 7) is 2.79. The second-order valence-corrected chi connectivity index (χ2v) is 6.27. The summed E-state index contributed by atoms with van der Waals surface area (Å²) in [5.41, 5.74) is 1.78. The highest BCUT2D eigenvalue weighted by Crippen LogP contribution is 2.20. The van der Waals surface area contributed by atoms with E-state index in [0.29, 0.717) is 18.8 Å². The van der Waals surface area contributed by atoms with E-state index >= 15 is 0 Å². The van der Waals surface area contributed by atoms with Crippen LogP contribution in [-0.4, -0.2) is 26.5 Å². The molecule has 5 nitrogen and oxygen atoms in total. The van der Waals surface area contributed by atoms with Crippen molar-refractivity contribution < 1.29 is 8.42 Å². The molecule has 6 heteroatoms. The number of para-hydroxylation sites is 1. The minimum absolute atomic E-state index is 0.279. The van der Waals surface area contributed by atoms with Gasteiger partial charge in [-0.05, 0) is 36.2 Å². The van der Waals surface area contributed by atoms with Crippen LogP contribution in [0, 0.1) is 0 Å². The minimum atomic E-state index is -3.46. The zero-order chi connectivity index (χ0) is 15.1. The Labute approximate surface area is 125 Å². The van der Waals surface area contributed by atoms with Gasteiger partial charge < -0.3 is 5.32 Å². The molecule has 0 radical (unpaired) electrons. The second-order valence-electron chi connectivity index (χ2n) is 4.53. The summed E-state index contributed by atoms with van der Waals surface area (Å²) in [7, 11) is -3.46. The Hall–Kier alpha value is -1.92. The number of aromatic nitrogens is 1. The van der Waals surface area contributed by atoms with Crippen LogP contribution in [0.2, 0.25) is 0 Å². The highest BCUT2D eigenvalue weighted by molar-refractivity contribution is 7.89. The Morgan fingerprint density at radius 3 is 2.52 bits per heavy atom. The molecule has 0 atom stereocenters. The molecule has 0 spiro atoms. The highest BCUT2D eigenvalue weighted by atomic mass is 32.2. The van der Waals surface area contributed by atoms with Gasteiger partial charge in [-0.25, -0.2) is 13.1 Å². The van der Waals surface area contributed by atoms with Crippen LogP contribution >= 0.6 is 0 Å². The number of nitrogens with one attached hydrogen (secondary N) is 2. The fourth-order valence-electron chi connectivity index (χ4n) is 2.01. The quantitative estimate of drug-likeness (QED) is 0.821. The van der Waals surface area contributed by atoms with E-state index in [2.05, 4.69) is 15.0 Å². The molecule has 112 valence electrons. The molecular weight excluding hydrogens is 286 g/mol. The Kier molecular flexibility index (Phi) is 5.30. The molecule has 1 aromatic heterocycles. The molecule has 2 rings (SSSR count). The molecule has 0 aliphatic rings. The summed E-state index contributed by atoms with van der Waals surface area (Å²) >= 11 is 0. The number of hydrogen-bond donors (Lipinski definition) is 2. The zero-order valence-corrected chi connectivity index (χ0v) is 12.7. The first kappa shape index (κ1) is 15.5. The third-order valence-electron chi connectivity index (χ3n) is 2.99. The molecule has 2 aromatic rings. The number of rotatable bonds is 7. The van der Waals surface area contributed by atoms with Gasteiger partial charge in [-0.2, -0.15) is 0 Å². The molecule has 0 aliphatic carbocycles. The number of benzene rings is 1. The van der Waals surface area contributed by atoms with Gasteiger partial charge in [0.25, 0.3) is 0 Å². The number of hydrogen-bond acceptors (Lipinski definition) is 4. The lowest BCUT2D eigenvalue weighted by atomic mass is 10.2. The standard InChI is InChI=1S/C15H19N3O2S/c1-2-18-21(19,20)15-6-4-3-5-14(15)17-12-9-13-7-10-16-11-8-13/h3-8,10-11,17-18H,2,9,12H2,1H3. The monoisotopic (exact) mass is 305 g/mol. The van der Waals surface area contributed by atoms with E-state index in [0.717, 1.165) is 12.0 Å². The molecule has 0 fully saturated rings. The number of sulfonamides is 1. The van der Waals surface area contributed by atoms with Crippen LogP contribution < -0.4 is 10.0 Å². The third-order valence-corrected chi connectivity index (χ3v) is 4.59. The van der Waals surface area contributed by atoms with E-state index in [1.54, 1.807) is 37.5 Å². The van der Waals surface area contributed by atoms with Crippen LogP contribution in [0.4, 0.5) is 5.69 Å². The van der Waals surface area contributed by atoms with Crippen LogP contribution in [0.15, 0.2) is 53.7 Å². The van der Waals surface area contributed by atoms with Crippen molar-refractivity contribution in [2.75, 3.05) is 18.4 Å². The molecule has 1 heterocycles. The van der Waals surface area contributed by atoms with E-state index in [4.69, 9.17) is 0 Å². The molecule has 0 saturated carbocycles. The topological polar surface area (TPSA) is 71.1 Å². The maximum absolute atomic E-state index is 12.1. The van der Waals surface area contributed by atoms with Crippen LogP contribution in [0.25, 0.3) is 0 Å². The molecule has 0 aliphatic heterocycles. The van der Waals surface area contributed by atoms with Crippen molar-refractivity contribution in [2.24, 2.45) is 0 Å². The average molecular weight is 305 g/mol. The van der Waals surface area contributed by atoms with Crippen molar-refractivity contribution in [3.63, 3.8) is 0 Å². The van der Waals surface area contributed by atoms with Gasteiger partial charge in [-0.3, -0.25) is 4.98 Å². The molecule has 0 saturated heterocycles. The van der Waals surface area contributed by atoms with E-state index in [1.165, 1.54) is 0 Å². The number of anilines is 1. The first-order chi connectivity index (χ1) is 10.1. The molecule has 0 amide bonds. The first-order valence-electron chi connectivity index (χ1n) is 6.85. The summed E-state index contributed by atoms with van der Waals surface area (Å²) in [5.74, 6) is 0. The van der Waals surface area contributed by atoms with Gasteiger partial charge >= 0.3 is 0 Å². The molecular formula is C15H19N3O2S. The predicted octanol–water partition coefficient (Wildman–Crippen LogP) is 2.03. The lowest BCUT2D eigenvalue weighted by Gasteiger charge is -2.12. The van der Waals surface area contributed by atoms with Gasteiger partial charge in [0.05, 0.1) is 5.69 Å². The van der Waals surface area contributed by atoms with Crippen molar-refractivity contribution in [1.82, 2.24) is 9.71 Å². The Balaban J connectivity index is 2.07. The molecule has 0 unspecified atom stereocenters. The fraction of sp³-hybridized carbons (Fsp3) is 0.267. The van der Waals surface area contributed by atoms with E-state index in [1.807, 2.05) is 18.2 Å².